The number of rotatable bonds is 48. The molecule has 0 aliphatic carbocycles. The van der Waals surface area contributed by atoms with Crippen LogP contribution in [0.2, 0.25) is 0 Å². The number of nitrogens with zero attached hydrogens (tertiary/aromatic N) is 1. The third kappa shape index (κ3) is 46.3. The summed E-state index contributed by atoms with van der Waals surface area (Å²) >= 11 is 0. The molecule has 0 heterocycles. The molecule has 352 valence electrons. The summed E-state index contributed by atoms with van der Waals surface area (Å²) in [7, 11) is -0.695. The lowest BCUT2D eigenvalue weighted by molar-refractivity contribution is -0.161. The predicted molar refractivity (Wildman–Crippen MR) is 248 cm³/mol. The minimum Gasteiger partial charge on any atom is -0.462 e. The lowest BCUT2D eigenvalue weighted by Crippen LogP contribution is -2.29. The minimum absolute atomic E-state index is 0.0128. The number of likely N-dealkylation sites (N-methyl/N-ethyl adjacent to an activating group) is 1. The van der Waals surface area contributed by atoms with Crippen molar-refractivity contribution in [3.8, 4) is 0 Å². The molecule has 0 saturated carbocycles. The van der Waals surface area contributed by atoms with Crippen molar-refractivity contribution in [2.45, 2.75) is 264 Å². The fourth-order valence-electron chi connectivity index (χ4n) is 7.51. The molecule has 0 aromatic carbocycles. The second-order valence-corrected chi connectivity index (χ2v) is 19.2. The van der Waals surface area contributed by atoms with Gasteiger partial charge in [-0.25, -0.2) is 4.57 Å². The van der Waals surface area contributed by atoms with Gasteiger partial charge in [-0.15, -0.1) is 0 Å². The van der Waals surface area contributed by atoms with Gasteiger partial charge in [-0.3, -0.25) is 18.6 Å². The van der Waals surface area contributed by atoms with E-state index in [9.17, 15) is 19.0 Å². The highest BCUT2D eigenvalue weighted by atomic mass is 31.2. The van der Waals surface area contributed by atoms with Gasteiger partial charge in [0.05, 0.1) is 13.2 Å². The van der Waals surface area contributed by atoms with Crippen LogP contribution in [0.5, 0.6) is 0 Å². The fraction of sp³-hybridized carbons (Fsp3) is 0.959. The molecule has 0 radical (unpaired) electrons. The molecule has 0 aliphatic rings. The van der Waals surface area contributed by atoms with E-state index >= 15 is 0 Å². The molecule has 0 aromatic heterocycles. The zero-order valence-electron chi connectivity index (χ0n) is 39.5. The van der Waals surface area contributed by atoms with Gasteiger partial charge in [-0.2, -0.15) is 0 Å². The van der Waals surface area contributed by atoms with E-state index in [2.05, 4.69) is 13.8 Å². The van der Waals surface area contributed by atoms with Crippen LogP contribution in [0.3, 0.4) is 0 Å². The quantitative estimate of drug-likeness (QED) is 0.0363. The first-order valence-corrected chi connectivity index (χ1v) is 26.8. The van der Waals surface area contributed by atoms with Gasteiger partial charge in [0.25, 0.3) is 0 Å². The number of hydrogen-bond donors (Lipinski definition) is 1. The molecule has 2 unspecified atom stereocenters. The second kappa shape index (κ2) is 45.0. The highest BCUT2D eigenvalue weighted by Gasteiger charge is 2.26. The number of hydrogen-bond acceptors (Lipinski definition) is 8. The van der Waals surface area contributed by atoms with Crippen molar-refractivity contribution in [3.05, 3.63) is 0 Å². The Hall–Kier alpha value is -0.990. The zero-order chi connectivity index (χ0) is 43.3. The first kappa shape index (κ1) is 58.0. The molecule has 0 rings (SSSR count). The highest BCUT2D eigenvalue weighted by molar-refractivity contribution is 7.47. The Kier molecular flexibility index (Phi) is 44.3. The SMILES string of the molecule is CCCCCCCCCCCCCCCCCCCCCCCC(=O)OCC(COP(=O)(O)OCCN(C)C)OC(=O)CCCCCCCCCCCCCCCCC. The van der Waals surface area contributed by atoms with E-state index in [1.165, 1.54) is 193 Å². The van der Waals surface area contributed by atoms with E-state index < -0.39 is 26.5 Å². The van der Waals surface area contributed by atoms with Crippen LogP contribution in [-0.4, -0.2) is 68.3 Å². The van der Waals surface area contributed by atoms with Gasteiger partial charge in [0, 0.05) is 19.4 Å². The Morgan fingerprint density at radius 3 is 1.08 bits per heavy atom. The smallest absolute Gasteiger partial charge is 0.462 e. The van der Waals surface area contributed by atoms with Crippen LogP contribution >= 0.6 is 7.82 Å². The van der Waals surface area contributed by atoms with Crippen molar-refractivity contribution in [3.63, 3.8) is 0 Å². The summed E-state index contributed by atoms with van der Waals surface area (Å²) in [5, 5.41) is 0. The Bertz CT molecular complexity index is 951. The Labute approximate surface area is 365 Å². The average molecular weight is 860 g/mol. The number of ether oxygens (including phenoxy) is 2. The number of carbonyl (C=O) groups excluding carboxylic acids is 2. The Morgan fingerprint density at radius 1 is 0.458 bits per heavy atom. The number of carbonyl (C=O) groups is 2. The van der Waals surface area contributed by atoms with Crippen molar-refractivity contribution < 1.29 is 37.6 Å². The van der Waals surface area contributed by atoms with E-state index in [4.69, 9.17) is 18.5 Å². The van der Waals surface area contributed by atoms with Crippen LogP contribution in [0, 0.1) is 0 Å². The fourth-order valence-corrected chi connectivity index (χ4v) is 8.26. The number of phosphoric ester groups is 1. The lowest BCUT2D eigenvalue weighted by Gasteiger charge is -2.20. The first-order valence-electron chi connectivity index (χ1n) is 25.3. The van der Waals surface area contributed by atoms with Crippen LogP contribution in [0.25, 0.3) is 0 Å². The van der Waals surface area contributed by atoms with Gasteiger partial charge in [-0.1, -0.05) is 232 Å². The molecule has 0 fully saturated rings. The predicted octanol–water partition coefficient (Wildman–Crippen LogP) is 15.0. The molecule has 1 N–H and O–H groups in total. The summed E-state index contributed by atoms with van der Waals surface area (Å²) in [6.07, 6.45) is 45.8. The summed E-state index contributed by atoms with van der Waals surface area (Å²) in [6, 6.07) is 0. The van der Waals surface area contributed by atoms with Crippen molar-refractivity contribution in [1.29, 1.82) is 0 Å². The number of unbranched alkanes of at least 4 members (excludes halogenated alkanes) is 34. The van der Waals surface area contributed by atoms with Gasteiger partial charge in [0.15, 0.2) is 6.10 Å². The molecule has 0 aromatic rings. The van der Waals surface area contributed by atoms with Gasteiger partial charge in [-0.05, 0) is 26.9 Å². The standard InChI is InChI=1S/C49H98NO8P/c1-5-7-9-11-13-15-17-19-21-22-23-24-25-26-28-29-31-33-35-37-39-41-48(51)55-45-47(46-57-59(53,54)56-44-43-50(3)4)58-49(52)42-40-38-36-34-32-30-27-20-18-16-14-12-10-8-6-2/h47H,5-46H2,1-4H3,(H,53,54). The number of phosphoric acid groups is 1. The molecule has 0 amide bonds. The van der Waals surface area contributed by atoms with E-state index in [-0.39, 0.29) is 25.6 Å². The molecule has 2 atom stereocenters. The maximum absolute atomic E-state index is 12.7. The van der Waals surface area contributed by atoms with Crippen LogP contribution < -0.4 is 0 Å². The van der Waals surface area contributed by atoms with Crippen molar-refractivity contribution >= 4 is 19.8 Å². The van der Waals surface area contributed by atoms with E-state index in [0.29, 0.717) is 13.0 Å². The Morgan fingerprint density at radius 2 is 0.763 bits per heavy atom. The van der Waals surface area contributed by atoms with Crippen molar-refractivity contribution in [1.82, 2.24) is 4.90 Å². The van der Waals surface area contributed by atoms with Crippen LogP contribution in [0.4, 0.5) is 0 Å². The van der Waals surface area contributed by atoms with Crippen molar-refractivity contribution in [2.75, 3.05) is 40.5 Å². The van der Waals surface area contributed by atoms with Gasteiger partial charge >= 0.3 is 19.8 Å². The van der Waals surface area contributed by atoms with Gasteiger partial charge < -0.3 is 19.3 Å². The van der Waals surface area contributed by atoms with Gasteiger partial charge in [0.2, 0.25) is 0 Å². The summed E-state index contributed by atoms with van der Waals surface area (Å²) in [5.41, 5.74) is 0. The Balaban J connectivity index is 4.11. The molecule has 9 nitrogen and oxygen atoms in total. The average Bonchev–Trinajstić information content (AvgIpc) is 3.20. The third-order valence-electron chi connectivity index (χ3n) is 11.4. The summed E-state index contributed by atoms with van der Waals surface area (Å²) < 4.78 is 33.6. The van der Waals surface area contributed by atoms with Gasteiger partial charge in [0.1, 0.15) is 6.61 Å². The molecule has 0 aliphatic heterocycles. The molecule has 0 saturated heterocycles. The van der Waals surface area contributed by atoms with Crippen LogP contribution in [0.1, 0.15) is 258 Å². The largest absolute Gasteiger partial charge is 0.472 e. The zero-order valence-corrected chi connectivity index (χ0v) is 40.4. The van der Waals surface area contributed by atoms with Crippen LogP contribution in [-0.2, 0) is 32.7 Å². The van der Waals surface area contributed by atoms with E-state index in [0.717, 1.165) is 38.5 Å². The van der Waals surface area contributed by atoms with Crippen molar-refractivity contribution in [2.24, 2.45) is 0 Å². The second-order valence-electron chi connectivity index (χ2n) is 17.7. The topological polar surface area (TPSA) is 112 Å². The van der Waals surface area contributed by atoms with E-state index in [1.807, 2.05) is 19.0 Å². The molecule has 0 spiro atoms. The lowest BCUT2D eigenvalue weighted by atomic mass is 10.0. The molecule has 0 bridgehead atoms. The normalized spacial score (nSPS) is 13.2. The first-order chi connectivity index (χ1) is 28.7. The molecular formula is C49H98NO8P. The number of esters is 2. The molecule has 10 heteroatoms. The van der Waals surface area contributed by atoms with Crippen LogP contribution in [0.15, 0.2) is 0 Å². The third-order valence-corrected chi connectivity index (χ3v) is 12.4. The monoisotopic (exact) mass is 860 g/mol. The highest BCUT2D eigenvalue weighted by Crippen LogP contribution is 2.43. The molecule has 59 heavy (non-hydrogen) atoms. The summed E-state index contributed by atoms with van der Waals surface area (Å²) in [5.74, 6) is -0.782. The molecular weight excluding hydrogens is 762 g/mol. The minimum atomic E-state index is -4.36. The maximum atomic E-state index is 12.7. The maximum Gasteiger partial charge on any atom is 0.472 e. The van der Waals surface area contributed by atoms with E-state index in [1.54, 1.807) is 0 Å². The summed E-state index contributed by atoms with van der Waals surface area (Å²) in [6.45, 7) is 4.39. The summed E-state index contributed by atoms with van der Waals surface area (Å²) in [4.78, 5) is 37.2.